The lowest BCUT2D eigenvalue weighted by Gasteiger charge is -2.14. The molecule has 16 heavy (non-hydrogen) atoms. The van der Waals surface area contributed by atoms with Gasteiger partial charge in [0, 0.05) is 18.1 Å². The van der Waals surface area contributed by atoms with Gasteiger partial charge in [0.25, 0.3) is 0 Å². The zero-order chi connectivity index (χ0) is 12.3. The van der Waals surface area contributed by atoms with Gasteiger partial charge >= 0.3 is 5.97 Å². The van der Waals surface area contributed by atoms with E-state index >= 15 is 0 Å². The molecule has 1 fully saturated rings. The third-order valence-corrected chi connectivity index (χ3v) is 3.54. The van der Waals surface area contributed by atoms with Gasteiger partial charge in [-0.15, -0.1) is 0 Å². The zero-order valence-electron chi connectivity index (χ0n) is 8.88. The summed E-state index contributed by atoms with van der Waals surface area (Å²) in [5.41, 5.74) is 5.28. The molecular weight excluding hydrogens is 232 g/mol. The lowest BCUT2D eigenvalue weighted by molar-refractivity contribution is -0.138. The first-order valence-electron chi connectivity index (χ1n) is 4.95. The molecule has 0 aromatic heterocycles. The van der Waals surface area contributed by atoms with Crippen LogP contribution in [0.1, 0.15) is 19.8 Å². The van der Waals surface area contributed by atoms with E-state index in [0.717, 1.165) is 16.3 Å². The molecule has 6 nitrogen and oxygen atoms in total. The van der Waals surface area contributed by atoms with Crippen molar-refractivity contribution < 1.29 is 19.5 Å². The van der Waals surface area contributed by atoms with E-state index in [0.29, 0.717) is 6.42 Å². The molecule has 1 saturated heterocycles. The Morgan fingerprint density at radius 3 is 2.75 bits per heavy atom. The van der Waals surface area contributed by atoms with E-state index in [-0.39, 0.29) is 29.9 Å². The minimum Gasteiger partial charge on any atom is -0.480 e. The topological polar surface area (TPSA) is 101 Å². The summed E-state index contributed by atoms with van der Waals surface area (Å²) in [5, 5.41) is 8.56. The van der Waals surface area contributed by atoms with Crippen LogP contribution in [0.3, 0.4) is 0 Å². The van der Waals surface area contributed by atoms with Crippen LogP contribution in [0.2, 0.25) is 0 Å². The number of aliphatic carboxylic acids is 1. The van der Waals surface area contributed by atoms with Crippen LogP contribution < -0.4 is 5.73 Å². The van der Waals surface area contributed by atoms with Gasteiger partial charge in [0.2, 0.25) is 11.8 Å². The first-order valence-corrected chi connectivity index (χ1v) is 5.89. The Labute approximate surface area is 97.3 Å². The van der Waals surface area contributed by atoms with Crippen molar-refractivity contribution in [3.63, 3.8) is 0 Å². The molecule has 1 aliphatic rings. The molecule has 0 radical (unpaired) electrons. The van der Waals surface area contributed by atoms with Crippen molar-refractivity contribution in [3.05, 3.63) is 0 Å². The number of rotatable bonds is 5. The number of carbonyl (C=O) groups excluding carboxylic acids is 2. The standard InChI is InChI=1S/C9H14N2O4S/c1-2-5-3-7(12)11(8(5)13)16-4-6(10)9(14)15/h5-6H,2-4,10H2,1H3,(H,14,15)/t5-,6+/m0/s1. The monoisotopic (exact) mass is 246 g/mol. The summed E-state index contributed by atoms with van der Waals surface area (Å²) in [6, 6.07) is -1.06. The van der Waals surface area contributed by atoms with Gasteiger partial charge < -0.3 is 10.8 Å². The Hall–Kier alpha value is -1.08. The maximum atomic E-state index is 11.6. The van der Waals surface area contributed by atoms with Crippen molar-refractivity contribution in [1.29, 1.82) is 0 Å². The number of carboxylic acids is 1. The highest BCUT2D eigenvalue weighted by atomic mass is 32.2. The smallest absolute Gasteiger partial charge is 0.321 e. The fourth-order valence-corrected chi connectivity index (χ4v) is 2.30. The van der Waals surface area contributed by atoms with Gasteiger partial charge in [0.15, 0.2) is 0 Å². The number of carbonyl (C=O) groups is 3. The largest absolute Gasteiger partial charge is 0.480 e. The van der Waals surface area contributed by atoms with Crippen molar-refractivity contribution in [2.75, 3.05) is 5.75 Å². The van der Waals surface area contributed by atoms with Crippen LogP contribution in [0.15, 0.2) is 0 Å². The van der Waals surface area contributed by atoms with Crippen LogP contribution in [0.25, 0.3) is 0 Å². The van der Waals surface area contributed by atoms with E-state index in [1.54, 1.807) is 0 Å². The predicted octanol–water partition coefficient (Wildman–Crippen LogP) is -0.168. The maximum absolute atomic E-state index is 11.6. The van der Waals surface area contributed by atoms with Gasteiger partial charge in [-0.1, -0.05) is 6.92 Å². The summed E-state index contributed by atoms with van der Waals surface area (Å²) in [4.78, 5) is 33.5. The van der Waals surface area contributed by atoms with E-state index < -0.39 is 12.0 Å². The number of hydrogen-bond donors (Lipinski definition) is 2. The second-order valence-corrected chi connectivity index (χ2v) is 4.53. The summed E-state index contributed by atoms with van der Waals surface area (Å²) in [7, 11) is 0. The number of nitrogens with zero attached hydrogens (tertiary/aromatic N) is 1. The van der Waals surface area contributed by atoms with Crippen molar-refractivity contribution in [3.8, 4) is 0 Å². The number of hydrogen-bond acceptors (Lipinski definition) is 5. The highest BCUT2D eigenvalue weighted by molar-refractivity contribution is 7.98. The predicted molar refractivity (Wildman–Crippen MR) is 58.3 cm³/mol. The second kappa shape index (κ2) is 5.31. The van der Waals surface area contributed by atoms with Gasteiger partial charge in [-0.2, -0.15) is 0 Å². The quantitative estimate of drug-likeness (QED) is 0.516. The van der Waals surface area contributed by atoms with E-state index in [2.05, 4.69) is 0 Å². The van der Waals surface area contributed by atoms with Crippen LogP contribution in [0.4, 0.5) is 0 Å². The summed E-state index contributed by atoms with van der Waals surface area (Å²) >= 11 is 0.884. The fraction of sp³-hybridized carbons (Fsp3) is 0.667. The second-order valence-electron chi connectivity index (χ2n) is 3.58. The van der Waals surface area contributed by atoms with Crippen molar-refractivity contribution >= 4 is 29.7 Å². The van der Waals surface area contributed by atoms with Crippen LogP contribution in [0, 0.1) is 5.92 Å². The van der Waals surface area contributed by atoms with Crippen molar-refractivity contribution in [2.24, 2.45) is 11.7 Å². The maximum Gasteiger partial charge on any atom is 0.321 e. The summed E-state index contributed by atoms with van der Waals surface area (Å²) < 4.78 is 1.04. The molecule has 0 spiro atoms. The van der Waals surface area contributed by atoms with Crippen LogP contribution in [0.5, 0.6) is 0 Å². The zero-order valence-corrected chi connectivity index (χ0v) is 9.70. The third kappa shape index (κ3) is 2.73. The Balaban J connectivity index is 2.52. The van der Waals surface area contributed by atoms with Gasteiger partial charge in [-0.25, -0.2) is 4.31 Å². The molecule has 2 amide bonds. The first kappa shape index (κ1) is 13.0. The molecule has 0 aromatic rings. The molecule has 0 aromatic carbocycles. The Kier molecular flexibility index (Phi) is 4.31. The van der Waals surface area contributed by atoms with Gasteiger partial charge in [0.1, 0.15) is 6.04 Å². The number of amides is 2. The van der Waals surface area contributed by atoms with Crippen LogP contribution in [-0.4, -0.2) is 39.0 Å². The molecule has 90 valence electrons. The Morgan fingerprint density at radius 2 is 2.31 bits per heavy atom. The Morgan fingerprint density at radius 1 is 1.69 bits per heavy atom. The van der Waals surface area contributed by atoms with Crippen LogP contribution in [-0.2, 0) is 14.4 Å². The molecule has 7 heteroatoms. The summed E-state index contributed by atoms with van der Waals surface area (Å²) in [6.45, 7) is 1.84. The highest BCUT2D eigenvalue weighted by Gasteiger charge is 2.38. The molecule has 1 rings (SSSR count). The number of nitrogens with two attached hydrogens (primary N) is 1. The fourth-order valence-electron chi connectivity index (χ4n) is 1.35. The normalized spacial score (nSPS) is 22.6. The van der Waals surface area contributed by atoms with E-state index in [1.165, 1.54) is 0 Å². The van der Waals surface area contributed by atoms with E-state index in [4.69, 9.17) is 10.8 Å². The first-order chi connectivity index (χ1) is 7.47. The molecule has 0 saturated carbocycles. The van der Waals surface area contributed by atoms with E-state index in [9.17, 15) is 14.4 Å². The third-order valence-electron chi connectivity index (χ3n) is 2.39. The van der Waals surface area contributed by atoms with Crippen LogP contribution >= 0.6 is 11.9 Å². The van der Waals surface area contributed by atoms with Gasteiger partial charge in [-0.05, 0) is 18.4 Å². The van der Waals surface area contributed by atoms with Crippen molar-refractivity contribution in [1.82, 2.24) is 4.31 Å². The SMILES string of the molecule is CC[C@H]1CC(=O)N(SC[C@@H](N)C(=O)O)C1=O. The van der Waals surface area contributed by atoms with Crippen molar-refractivity contribution in [2.45, 2.75) is 25.8 Å². The summed E-state index contributed by atoms with van der Waals surface area (Å²) in [5.74, 6) is -1.89. The molecule has 0 aliphatic carbocycles. The Bertz CT molecular complexity index is 321. The molecule has 3 N–H and O–H groups in total. The molecule has 1 aliphatic heterocycles. The molecule has 1 heterocycles. The minimum atomic E-state index is -1.14. The number of carboxylic acid groups (broad SMARTS) is 1. The van der Waals surface area contributed by atoms with E-state index in [1.807, 2.05) is 6.92 Å². The van der Waals surface area contributed by atoms with Gasteiger partial charge in [0.05, 0.1) is 0 Å². The molecular formula is C9H14N2O4S. The van der Waals surface area contributed by atoms with Gasteiger partial charge in [-0.3, -0.25) is 14.4 Å². The lowest BCUT2D eigenvalue weighted by atomic mass is 10.1. The molecule has 0 unspecified atom stereocenters. The molecule has 2 atom stereocenters. The summed E-state index contributed by atoms with van der Waals surface area (Å²) in [6.07, 6.45) is 0.831. The molecule has 0 bridgehead atoms. The minimum absolute atomic E-state index is 0.0171. The average molecular weight is 246 g/mol. The number of imide groups is 1. The highest BCUT2D eigenvalue weighted by Crippen LogP contribution is 2.28. The lowest BCUT2D eigenvalue weighted by Crippen LogP contribution is -2.35. The average Bonchev–Trinajstić information content (AvgIpc) is 2.51.